The number of anilines is 1. The normalized spacial score (nSPS) is 10.4. The predicted octanol–water partition coefficient (Wildman–Crippen LogP) is 2.69. The quantitative estimate of drug-likeness (QED) is 0.911. The molecular formula is C14H17ClN4O. The number of benzene rings is 1. The molecule has 2 rings (SSSR count). The molecule has 0 atom stereocenters. The molecule has 0 spiro atoms. The molecule has 0 bridgehead atoms. The fraction of sp³-hybridized carbons (Fsp3) is 0.286. The molecule has 0 saturated heterocycles. The van der Waals surface area contributed by atoms with Gasteiger partial charge in [-0.25, -0.2) is 4.98 Å². The molecular weight excluding hydrogens is 276 g/mol. The van der Waals surface area contributed by atoms with E-state index >= 15 is 0 Å². The summed E-state index contributed by atoms with van der Waals surface area (Å²) >= 11 is 6.07. The topological polar surface area (TPSA) is 61.0 Å². The van der Waals surface area contributed by atoms with Gasteiger partial charge in [0.15, 0.2) is 0 Å². The van der Waals surface area contributed by atoms with Gasteiger partial charge in [0.05, 0.1) is 29.2 Å². The molecule has 0 aliphatic heterocycles. The molecule has 20 heavy (non-hydrogen) atoms. The van der Waals surface area contributed by atoms with Gasteiger partial charge < -0.3 is 15.2 Å². The average molecular weight is 293 g/mol. The first-order chi connectivity index (χ1) is 9.49. The SMILES string of the molecule is Cc1[nH]cnc1CNc1ccc(Cl)c(C(=O)N(C)C)c1. The highest BCUT2D eigenvalue weighted by Gasteiger charge is 2.13. The molecule has 0 aliphatic rings. The Morgan fingerprint density at radius 1 is 1.45 bits per heavy atom. The first-order valence-corrected chi connectivity index (χ1v) is 6.60. The maximum absolute atomic E-state index is 12.0. The third-order valence-electron chi connectivity index (χ3n) is 3.00. The Hall–Kier alpha value is -2.01. The molecule has 0 aliphatic carbocycles. The Morgan fingerprint density at radius 2 is 2.20 bits per heavy atom. The average Bonchev–Trinajstić information content (AvgIpc) is 2.82. The highest BCUT2D eigenvalue weighted by Crippen LogP contribution is 2.22. The van der Waals surface area contributed by atoms with E-state index < -0.39 is 0 Å². The van der Waals surface area contributed by atoms with Crippen molar-refractivity contribution in [3.05, 3.63) is 46.5 Å². The van der Waals surface area contributed by atoms with Gasteiger partial charge in [-0.3, -0.25) is 4.79 Å². The summed E-state index contributed by atoms with van der Waals surface area (Å²) in [6, 6.07) is 5.32. The molecule has 1 heterocycles. The minimum Gasteiger partial charge on any atom is -0.379 e. The highest BCUT2D eigenvalue weighted by molar-refractivity contribution is 6.34. The van der Waals surface area contributed by atoms with Crippen molar-refractivity contribution in [3.8, 4) is 0 Å². The molecule has 2 aromatic rings. The molecule has 1 aromatic heterocycles. The van der Waals surface area contributed by atoms with E-state index in [1.54, 1.807) is 32.6 Å². The van der Waals surface area contributed by atoms with Crippen LogP contribution in [0.1, 0.15) is 21.7 Å². The standard InChI is InChI=1S/C14H17ClN4O/c1-9-13(18-8-17-9)7-16-10-4-5-12(15)11(6-10)14(20)19(2)3/h4-6,8,16H,7H2,1-3H3,(H,17,18). The first-order valence-electron chi connectivity index (χ1n) is 6.23. The summed E-state index contributed by atoms with van der Waals surface area (Å²) < 4.78 is 0. The number of halogens is 1. The van der Waals surface area contributed by atoms with Gasteiger partial charge >= 0.3 is 0 Å². The number of carbonyl (C=O) groups excluding carboxylic acids is 1. The molecule has 0 radical (unpaired) electrons. The summed E-state index contributed by atoms with van der Waals surface area (Å²) in [4.78, 5) is 20.7. The third kappa shape index (κ3) is 3.11. The molecule has 0 unspecified atom stereocenters. The van der Waals surface area contributed by atoms with Crippen molar-refractivity contribution in [3.63, 3.8) is 0 Å². The lowest BCUT2D eigenvalue weighted by Crippen LogP contribution is -2.22. The van der Waals surface area contributed by atoms with Crippen LogP contribution in [0.3, 0.4) is 0 Å². The molecule has 2 N–H and O–H groups in total. The maximum Gasteiger partial charge on any atom is 0.254 e. The molecule has 106 valence electrons. The van der Waals surface area contributed by atoms with E-state index in [9.17, 15) is 4.79 Å². The Balaban J connectivity index is 2.15. The van der Waals surface area contributed by atoms with E-state index in [4.69, 9.17) is 11.6 Å². The molecule has 1 amide bonds. The van der Waals surface area contributed by atoms with Crippen molar-refractivity contribution < 1.29 is 4.79 Å². The molecule has 0 fully saturated rings. The smallest absolute Gasteiger partial charge is 0.254 e. The van der Waals surface area contributed by atoms with E-state index in [0.717, 1.165) is 17.1 Å². The zero-order chi connectivity index (χ0) is 14.7. The summed E-state index contributed by atoms with van der Waals surface area (Å²) in [6.07, 6.45) is 1.66. The Bertz CT molecular complexity index is 621. The van der Waals surface area contributed by atoms with Crippen LogP contribution in [-0.4, -0.2) is 34.9 Å². The predicted molar refractivity (Wildman–Crippen MR) is 80.1 cm³/mol. The summed E-state index contributed by atoms with van der Waals surface area (Å²) in [6.45, 7) is 2.55. The van der Waals surface area contributed by atoms with Gasteiger partial charge in [0.2, 0.25) is 0 Å². The second kappa shape index (κ2) is 5.96. The summed E-state index contributed by atoms with van der Waals surface area (Å²) in [5.41, 5.74) is 3.29. The number of aromatic amines is 1. The van der Waals surface area contributed by atoms with Gasteiger partial charge in [-0.15, -0.1) is 0 Å². The van der Waals surface area contributed by atoms with Crippen LogP contribution < -0.4 is 5.32 Å². The number of nitrogens with one attached hydrogen (secondary N) is 2. The molecule has 1 aromatic carbocycles. The monoisotopic (exact) mass is 292 g/mol. The van der Waals surface area contributed by atoms with Crippen LogP contribution in [0.25, 0.3) is 0 Å². The lowest BCUT2D eigenvalue weighted by atomic mass is 10.1. The Labute approximate surface area is 123 Å². The van der Waals surface area contributed by atoms with Crippen molar-refractivity contribution in [1.29, 1.82) is 0 Å². The highest BCUT2D eigenvalue weighted by atomic mass is 35.5. The molecule has 5 nitrogen and oxygen atoms in total. The fourth-order valence-corrected chi connectivity index (χ4v) is 1.99. The van der Waals surface area contributed by atoms with E-state index in [1.807, 2.05) is 13.0 Å². The van der Waals surface area contributed by atoms with Gasteiger partial charge in [0, 0.05) is 25.5 Å². The second-order valence-corrected chi connectivity index (χ2v) is 5.13. The van der Waals surface area contributed by atoms with Crippen molar-refractivity contribution in [1.82, 2.24) is 14.9 Å². The van der Waals surface area contributed by atoms with Crippen LogP contribution in [0.15, 0.2) is 24.5 Å². The van der Waals surface area contributed by atoms with Crippen LogP contribution in [0.4, 0.5) is 5.69 Å². The Morgan fingerprint density at radius 3 is 2.80 bits per heavy atom. The van der Waals surface area contributed by atoms with Crippen LogP contribution in [0, 0.1) is 6.92 Å². The minimum absolute atomic E-state index is 0.116. The Kier molecular flexibility index (Phi) is 4.29. The number of aryl methyl sites for hydroxylation is 1. The van der Waals surface area contributed by atoms with Crippen LogP contribution in [0.5, 0.6) is 0 Å². The lowest BCUT2D eigenvalue weighted by molar-refractivity contribution is 0.0828. The van der Waals surface area contributed by atoms with E-state index in [-0.39, 0.29) is 5.91 Å². The van der Waals surface area contributed by atoms with Gasteiger partial charge in [-0.05, 0) is 25.1 Å². The van der Waals surface area contributed by atoms with Crippen LogP contribution in [0.2, 0.25) is 5.02 Å². The largest absolute Gasteiger partial charge is 0.379 e. The van der Waals surface area contributed by atoms with Gasteiger partial charge in [-0.2, -0.15) is 0 Å². The summed E-state index contributed by atoms with van der Waals surface area (Å²) in [5, 5.41) is 3.69. The van der Waals surface area contributed by atoms with Gasteiger partial charge in [0.25, 0.3) is 5.91 Å². The summed E-state index contributed by atoms with van der Waals surface area (Å²) in [7, 11) is 3.40. The number of amides is 1. The molecule has 0 saturated carbocycles. The van der Waals surface area contributed by atoms with Crippen LogP contribution >= 0.6 is 11.6 Å². The number of hydrogen-bond donors (Lipinski definition) is 2. The van der Waals surface area contributed by atoms with Gasteiger partial charge in [0.1, 0.15) is 0 Å². The van der Waals surface area contributed by atoms with Crippen molar-refractivity contribution >= 4 is 23.2 Å². The zero-order valence-electron chi connectivity index (χ0n) is 11.7. The minimum atomic E-state index is -0.116. The lowest BCUT2D eigenvalue weighted by Gasteiger charge is -2.13. The maximum atomic E-state index is 12.0. The third-order valence-corrected chi connectivity index (χ3v) is 3.33. The molecule has 6 heteroatoms. The number of imidazole rings is 1. The van der Waals surface area contributed by atoms with E-state index in [2.05, 4.69) is 15.3 Å². The van der Waals surface area contributed by atoms with Crippen molar-refractivity contribution in [2.24, 2.45) is 0 Å². The fourth-order valence-electron chi connectivity index (χ4n) is 1.79. The number of nitrogens with zero attached hydrogens (tertiary/aromatic N) is 2. The zero-order valence-corrected chi connectivity index (χ0v) is 12.5. The van der Waals surface area contributed by atoms with Crippen molar-refractivity contribution in [2.45, 2.75) is 13.5 Å². The number of carbonyl (C=O) groups is 1. The number of H-pyrrole nitrogens is 1. The summed E-state index contributed by atoms with van der Waals surface area (Å²) in [5.74, 6) is -0.116. The van der Waals surface area contributed by atoms with E-state index in [1.165, 1.54) is 4.90 Å². The van der Waals surface area contributed by atoms with Crippen LogP contribution in [-0.2, 0) is 6.54 Å². The van der Waals surface area contributed by atoms with Gasteiger partial charge in [-0.1, -0.05) is 11.6 Å². The van der Waals surface area contributed by atoms with E-state index in [0.29, 0.717) is 17.1 Å². The number of rotatable bonds is 4. The van der Waals surface area contributed by atoms with Crippen molar-refractivity contribution in [2.75, 3.05) is 19.4 Å². The number of hydrogen-bond acceptors (Lipinski definition) is 3. The second-order valence-electron chi connectivity index (χ2n) is 4.72. The number of aromatic nitrogens is 2. The first kappa shape index (κ1) is 14.4.